The minimum atomic E-state index is -4.66. The van der Waals surface area contributed by atoms with Crippen LogP contribution in [0.3, 0.4) is 0 Å². The van der Waals surface area contributed by atoms with Gasteiger partial charge in [-0.2, -0.15) is 13.2 Å². The third-order valence-corrected chi connectivity index (χ3v) is 4.09. The Labute approximate surface area is 145 Å². The molecule has 0 spiro atoms. The van der Waals surface area contributed by atoms with E-state index in [1.54, 1.807) is 0 Å². The molecule has 1 amide bonds. The first kappa shape index (κ1) is 17.9. The molecule has 2 aromatic carbocycles. The number of hydrogen-bond acceptors (Lipinski definition) is 3. The molecule has 1 unspecified atom stereocenters. The molecule has 0 bridgehead atoms. The van der Waals surface area contributed by atoms with E-state index in [2.05, 4.69) is 5.32 Å². The van der Waals surface area contributed by atoms with Gasteiger partial charge in [-0.25, -0.2) is 9.18 Å². The van der Waals surface area contributed by atoms with Crippen LogP contribution in [0.15, 0.2) is 42.5 Å². The van der Waals surface area contributed by atoms with Gasteiger partial charge in [0.15, 0.2) is 5.60 Å². The summed E-state index contributed by atoms with van der Waals surface area (Å²) in [4.78, 5) is 24.7. The summed E-state index contributed by atoms with van der Waals surface area (Å²) in [6.45, 7) is 1.27. The van der Waals surface area contributed by atoms with Gasteiger partial charge >= 0.3 is 12.1 Å². The standard InChI is InChI=1S/C18H13F4NO3/c1-17(9-10-8-11(19)6-7-12(10)15(24)26-17)16(25)23-14-5-3-2-4-13(14)18(20,21)22/h2-8H,9H2,1H3,(H,23,25). The number of halogens is 4. The van der Waals surface area contributed by atoms with Crippen molar-refractivity contribution >= 4 is 17.6 Å². The number of hydrogen-bond donors (Lipinski definition) is 1. The predicted molar refractivity (Wildman–Crippen MR) is 84.0 cm³/mol. The van der Waals surface area contributed by atoms with Crippen LogP contribution in [0.4, 0.5) is 23.2 Å². The van der Waals surface area contributed by atoms with Crippen molar-refractivity contribution in [2.75, 3.05) is 5.32 Å². The van der Waals surface area contributed by atoms with E-state index in [4.69, 9.17) is 4.74 Å². The van der Waals surface area contributed by atoms with Crippen molar-refractivity contribution in [2.24, 2.45) is 0 Å². The van der Waals surface area contributed by atoms with Gasteiger partial charge in [-0.05, 0) is 42.8 Å². The fraction of sp³-hybridized carbons (Fsp3) is 0.222. The van der Waals surface area contributed by atoms with E-state index < -0.39 is 40.7 Å². The number of alkyl halides is 3. The second kappa shape index (κ2) is 6.12. The van der Waals surface area contributed by atoms with Gasteiger partial charge in [0.05, 0.1) is 16.8 Å². The summed E-state index contributed by atoms with van der Waals surface area (Å²) in [5.74, 6) is -2.37. The largest absolute Gasteiger partial charge is 0.445 e. The maximum atomic E-state index is 13.4. The second-order valence-corrected chi connectivity index (χ2v) is 6.10. The lowest BCUT2D eigenvalue weighted by Gasteiger charge is -2.33. The second-order valence-electron chi connectivity index (χ2n) is 6.10. The zero-order valence-corrected chi connectivity index (χ0v) is 13.5. The van der Waals surface area contributed by atoms with E-state index in [1.165, 1.54) is 25.1 Å². The number of rotatable bonds is 2. The number of cyclic esters (lactones) is 1. The van der Waals surface area contributed by atoms with Crippen molar-refractivity contribution in [3.05, 3.63) is 65.0 Å². The van der Waals surface area contributed by atoms with Gasteiger partial charge in [0.1, 0.15) is 5.82 Å². The number of carbonyl (C=O) groups is 2. The number of amides is 1. The monoisotopic (exact) mass is 367 g/mol. The van der Waals surface area contributed by atoms with E-state index in [1.807, 2.05) is 0 Å². The summed E-state index contributed by atoms with van der Waals surface area (Å²) in [5.41, 5.74) is -2.87. The molecule has 1 aliphatic rings. The van der Waals surface area contributed by atoms with Crippen molar-refractivity contribution in [1.29, 1.82) is 0 Å². The van der Waals surface area contributed by atoms with E-state index in [-0.39, 0.29) is 17.5 Å². The van der Waals surface area contributed by atoms with Gasteiger partial charge in [-0.15, -0.1) is 0 Å². The Morgan fingerprint density at radius 1 is 1.19 bits per heavy atom. The third kappa shape index (κ3) is 3.26. The van der Waals surface area contributed by atoms with Crippen LogP contribution >= 0.6 is 0 Å². The maximum Gasteiger partial charge on any atom is 0.418 e. The van der Waals surface area contributed by atoms with Crippen molar-refractivity contribution in [1.82, 2.24) is 0 Å². The highest BCUT2D eigenvalue weighted by Gasteiger charge is 2.44. The Kier molecular flexibility index (Phi) is 4.21. The van der Waals surface area contributed by atoms with Gasteiger partial charge in [0, 0.05) is 6.42 Å². The number of anilines is 1. The van der Waals surface area contributed by atoms with Crippen LogP contribution in [0, 0.1) is 5.82 Å². The average molecular weight is 367 g/mol. The summed E-state index contributed by atoms with van der Waals surface area (Å²) in [7, 11) is 0. The number of benzene rings is 2. The molecule has 1 atom stereocenters. The number of para-hydroxylation sites is 1. The Balaban J connectivity index is 1.91. The lowest BCUT2D eigenvalue weighted by Crippen LogP contribution is -2.49. The highest BCUT2D eigenvalue weighted by Crippen LogP contribution is 2.36. The van der Waals surface area contributed by atoms with Crippen LogP contribution < -0.4 is 5.32 Å². The van der Waals surface area contributed by atoms with E-state index in [0.717, 1.165) is 24.3 Å². The fourth-order valence-electron chi connectivity index (χ4n) is 2.79. The number of carbonyl (C=O) groups excluding carboxylic acids is 2. The zero-order valence-electron chi connectivity index (χ0n) is 13.5. The predicted octanol–water partition coefficient (Wildman–Crippen LogP) is 3.95. The van der Waals surface area contributed by atoms with E-state index in [9.17, 15) is 27.2 Å². The first-order valence-electron chi connectivity index (χ1n) is 7.59. The Hall–Kier alpha value is -2.90. The highest BCUT2D eigenvalue weighted by atomic mass is 19.4. The third-order valence-electron chi connectivity index (χ3n) is 4.09. The summed E-state index contributed by atoms with van der Waals surface area (Å²) in [6.07, 6.45) is -4.82. The van der Waals surface area contributed by atoms with Crippen LogP contribution in [0.1, 0.15) is 28.4 Å². The van der Waals surface area contributed by atoms with Crippen LogP contribution in [0.2, 0.25) is 0 Å². The SMILES string of the molecule is CC1(C(=O)Nc2ccccc2C(F)(F)F)Cc2cc(F)ccc2C(=O)O1. The van der Waals surface area contributed by atoms with Crippen LogP contribution in [0.25, 0.3) is 0 Å². The minimum absolute atomic E-state index is 0.118. The van der Waals surface area contributed by atoms with Gasteiger partial charge in [-0.3, -0.25) is 4.79 Å². The normalized spacial score (nSPS) is 19.5. The molecular formula is C18H13F4NO3. The molecule has 136 valence electrons. The first-order chi connectivity index (χ1) is 12.1. The number of ether oxygens (including phenoxy) is 1. The summed E-state index contributed by atoms with van der Waals surface area (Å²) < 4.78 is 57.8. The lowest BCUT2D eigenvalue weighted by molar-refractivity contribution is -0.137. The minimum Gasteiger partial charge on any atom is -0.445 e. The molecule has 0 saturated heterocycles. The highest BCUT2D eigenvalue weighted by molar-refractivity contribution is 6.02. The quantitative estimate of drug-likeness (QED) is 0.646. The van der Waals surface area contributed by atoms with E-state index >= 15 is 0 Å². The van der Waals surface area contributed by atoms with Crippen molar-refractivity contribution in [3.63, 3.8) is 0 Å². The molecule has 0 radical (unpaired) electrons. The average Bonchev–Trinajstić information content (AvgIpc) is 2.53. The summed E-state index contributed by atoms with van der Waals surface area (Å²) in [5, 5.41) is 2.16. The molecule has 1 aliphatic heterocycles. The Bertz CT molecular complexity index is 894. The summed E-state index contributed by atoms with van der Waals surface area (Å²) >= 11 is 0. The molecule has 0 aromatic heterocycles. The maximum absolute atomic E-state index is 13.4. The molecule has 1 N–H and O–H groups in total. The Morgan fingerprint density at radius 2 is 1.88 bits per heavy atom. The van der Waals surface area contributed by atoms with Gasteiger partial charge < -0.3 is 10.1 Å². The fourth-order valence-corrected chi connectivity index (χ4v) is 2.79. The smallest absolute Gasteiger partial charge is 0.418 e. The molecule has 2 aromatic rings. The molecule has 3 rings (SSSR count). The number of esters is 1. The van der Waals surface area contributed by atoms with Crippen molar-refractivity contribution in [3.8, 4) is 0 Å². The molecule has 8 heteroatoms. The first-order valence-corrected chi connectivity index (χ1v) is 7.59. The molecule has 0 aliphatic carbocycles. The topological polar surface area (TPSA) is 55.4 Å². The Morgan fingerprint density at radius 3 is 2.58 bits per heavy atom. The molecule has 0 saturated carbocycles. The van der Waals surface area contributed by atoms with Gasteiger partial charge in [0.25, 0.3) is 5.91 Å². The molecular weight excluding hydrogens is 354 g/mol. The number of nitrogens with one attached hydrogen (secondary N) is 1. The van der Waals surface area contributed by atoms with Crippen molar-refractivity contribution < 1.29 is 31.9 Å². The van der Waals surface area contributed by atoms with Gasteiger partial charge in [0.2, 0.25) is 0 Å². The number of fused-ring (bicyclic) bond motifs is 1. The van der Waals surface area contributed by atoms with Crippen LogP contribution in [-0.2, 0) is 22.1 Å². The zero-order chi connectivity index (χ0) is 19.1. The van der Waals surface area contributed by atoms with Crippen molar-refractivity contribution in [2.45, 2.75) is 25.1 Å². The molecule has 26 heavy (non-hydrogen) atoms. The molecule has 4 nitrogen and oxygen atoms in total. The van der Waals surface area contributed by atoms with Gasteiger partial charge in [-0.1, -0.05) is 12.1 Å². The molecule has 0 fully saturated rings. The lowest BCUT2D eigenvalue weighted by atomic mass is 9.89. The van der Waals surface area contributed by atoms with Crippen LogP contribution in [0.5, 0.6) is 0 Å². The summed E-state index contributed by atoms with van der Waals surface area (Å²) in [6, 6.07) is 7.89. The van der Waals surface area contributed by atoms with E-state index in [0.29, 0.717) is 0 Å². The van der Waals surface area contributed by atoms with Crippen LogP contribution in [-0.4, -0.2) is 17.5 Å². The molecule has 1 heterocycles.